The van der Waals surface area contributed by atoms with Gasteiger partial charge >= 0.3 is 12.1 Å². The third-order valence-corrected chi connectivity index (χ3v) is 3.69. The molecule has 152 valence electrons. The highest BCUT2D eigenvalue weighted by Gasteiger charge is 2.38. The minimum absolute atomic E-state index is 0.0583. The predicted molar refractivity (Wildman–Crippen MR) is 93.6 cm³/mol. The zero-order valence-electron chi connectivity index (χ0n) is 15.0. The second-order valence-corrected chi connectivity index (χ2v) is 5.76. The molecule has 2 aromatic heterocycles. The average Bonchev–Trinajstić information content (AvgIpc) is 3.29. The third-order valence-electron chi connectivity index (χ3n) is 3.69. The molecule has 1 amide bonds. The van der Waals surface area contributed by atoms with Gasteiger partial charge in [-0.3, -0.25) is 9.89 Å². The Morgan fingerprint density at radius 3 is 2.62 bits per heavy atom. The van der Waals surface area contributed by atoms with E-state index in [1.54, 1.807) is 37.3 Å². The van der Waals surface area contributed by atoms with E-state index in [1.807, 2.05) is 5.10 Å². The molecule has 12 heteroatoms. The number of nitrogens with zero attached hydrogens (tertiary/aromatic N) is 4. The molecule has 0 aliphatic heterocycles. The Bertz CT molecular complexity index is 1010. The van der Waals surface area contributed by atoms with Crippen molar-refractivity contribution in [3.63, 3.8) is 0 Å². The van der Waals surface area contributed by atoms with E-state index in [1.165, 1.54) is 0 Å². The number of ether oxygens (including phenoxy) is 1. The molecule has 0 saturated heterocycles. The monoisotopic (exact) mass is 408 g/mol. The fraction of sp³-hybridized carbons (Fsp3) is 0.235. The first-order valence-electron chi connectivity index (χ1n) is 8.37. The highest BCUT2D eigenvalue weighted by molar-refractivity contribution is 5.95. The lowest BCUT2D eigenvalue weighted by Gasteiger charge is -2.10. The van der Waals surface area contributed by atoms with Crippen LogP contribution in [0.2, 0.25) is 0 Å². The second-order valence-electron chi connectivity index (χ2n) is 5.76. The first-order chi connectivity index (χ1) is 13.8. The molecule has 0 spiro atoms. The second kappa shape index (κ2) is 8.12. The van der Waals surface area contributed by atoms with E-state index in [0.717, 1.165) is 10.9 Å². The van der Waals surface area contributed by atoms with Crippen LogP contribution in [0.15, 0.2) is 36.5 Å². The van der Waals surface area contributed by atoms with Gasteiger partial charge in [0.15, 0.2) is 11.4 Å². The van der Waals surface area contributed by atoms with E-state index >= 15 is 0 Å². The van der Waals surface area contributed by atoms with Crippen molar-refractivity contribution >= 4 is 17.6 Å². The maximum absolute atomic E-state index is 13.3. The van der Waals surface area contributed by atoms with Gasteiger partial charge in [0.1, 0.15) is 12.2 Å². The van der Waals surface area contributed by atoms with Crippen molar-refractivity contribution in [1.29, 1.82) is 0 Å². The Morgan fingerprint density at radius 1 is 1.24 bits per heavy atom. The van der Waals surface area contributed by atoms with E-state index in [-0.39, 0.29) is 18.0 Å². The number of anilines is 1. The molecule has 0 atom stereocenters. The van der Waals surface area contributed by atoms with Gasteiger partial charge in [0.05, 0.1) is 18.5 Å². The van der Waals surface area contributed by atoms with E-state index in [4.69, 9.17) is 4.74 Å². The van der Waals surface area contributed by atoms with Crippen LogP contribution in [0.25, 0.3) is 11.3 Å². The van der Waals surface area contributed by atoms with Gasteiger partial charge in [0, 0.05) is 5.56 Å². The van der Waals surface area contributed by atoms with E-state index in [9.17, 15) is 22.8 Å². The highest BCUT2D eigenvalue weighted by atomic mass is 19.4. The Labute approximate surface area is 161 Å². The first kappa shape index (κ1) is 20.0. The van der Waals surface area contributed by atoms with Gasteiger partial charge in [-0.25, -0.2) is 9.48 Å². The number of hydrogen-bond donors (Lipinski definition) is 2. The van der Waals surface area contributed by atoms with Crippen molar-refractivity contribution in [1.82, 2.24) is 25.2 Å². The lowest BCUT2D eigenvalue weighted by molar-refractivity contribution is -0.140. The molecule has 9 nitrogen and oxygen atoms in total. The van der Waals surface area contributed by atoms with Crippen molar-refractivity contribution in [2.75, 3.05) is 11.9 Å². The van der Waals surface area contributed by atoms with Crippen molar-refractivity contribution in [2.45, 2.75) is 19.6 Å². The summed E-state index contributed by atoms with van der Waals surface area (Å²) < 4.78 is 45.7. The summed E-state index contributed by atoms with van der Waals surface area (Å²) in [6, 6.07) is 8.10. The zero-order chi connectivity index (χ0) is 21.0. The van der Waals surface area contributed by atoms with Crippen LogP contribution in [-0.4, -0.2) is 43.7 Å². The molecule has 0 aliphatic carbocycles. The number of rotatable bonds is 6. The summed E-state index contributed by atoms with van der Waals surface area (Å²) in [6.45, 7) is 1.28. The van der Waals surface area contributed by atoms with E-state index in [0.29, 0.717) is 5.56 Å². The molecule has 2 N–H and O–H groups in total. The number of halogens is 3. The Hall–Kier alpha value is -3.70. The number of benzene rings is 1. The fourth-order valence-corrected chi connectivity index (χ4v) is 2.47. The van der Waals surface area contributed by atoms with E-state index in [2.05, 4.69) is 20.7 Å². The highest BCUT2D eigenvalue weighted by Crippen LogP contribution is 2.38. The molecular formula is C17H15F3N6O3. The van der Waals surface area contributed by atoms with Crippen LogP contribution in [0.4, 0.5) is 18.9 Å². The normalized spacial score (nSPS) is 11.3. The summed E-state index contributed by atoms with van der Waals surface area (Å²) in [5, 5.41) is 15.0. The topological polar surface area (TPSA) is 115 Å². The minimum Gasteiger partial charge on any atom is -0.461 e. The summed E-state index contributed by atoms with van der Waals surface area (Å²) in [5.74, 6) is -1.53. The van der Waals surface area contributed by atoms with Gasteiger partial charge in [0.2, 0.25) is 5.91 Å². The predicted octanol–water partition coefficient (Wildman–Crippen LogP) is 2.50. The Balaban J connectivity index is 1.83. The quantitative estimate of drug-likeness (QED) is 0.606. The summed E-state index contributed by atoms with van der Waals surface area (Å²) in [7, 11) is 0. The molecule has 29 heavy (non-hydrogen) atoms. The molecule has 0 unspecified atom stereocenters. The number of nitrogens with one attached hydrogen (secondary N) is 2. The molecule has 2 heterocycles. The average molecular weight is 408 g/mol. The molecule has 0 bridgehead atoms. The van der Waals surface area contributed by atoms with Gasteiger partial charge in [-0.2, -0.15) is 18.3 Å². The fourth-order valence-electron chi connectivity index (χ4n) is 2.47. The van der Waals surface area contributed by atoms with Crippen LogP contribution in [0.5, 0.6) is 0 Å². The number of aromatic nitrogens is 5. The van der Waals surface area contributed by atoms with Gasteiger partial charge in [-0.15, -0.1) is 5.10 Å². The molecule has 0 saturated carbocycles. The minimum atomic E-state index is -4.76. The van der Waals surface area contributed by atoms with Gasteiger partial charge in [-0.1, -0.05) is 35.5 Å². The van der Waals surface area contributed by atoms with Crippen molar-refractivity contribution in [3.05, 3.63) is 47.9 Å². The molecule has 0 fully saturated rings. The number of aromatic amines is 1. The third kappa shape index (κ3) is 4.59. The lowest BCUT2D eigenvalue weighted by atomic mass is 10.1. The van der Waals surface area contributed by atoms with Crippen LogP contribution in [0.1, 0.15) is 23.1 Å². The van der Waals surface area contributed by atoms with Crippen LogP contribution >= 0.6 is 0 Å². The summed E-state index contributed by atoms with van der Waals surface area (Å²) >= 11 is 0. The maximum atomic E-state index is 13.3. The zero-order valence-corrected chi connectivity index (χ0v) is 15.0. The first-order valence-corrected chi connectivity index (χ1v) is 8.37. The number of esters is 1. The molecular weight excluding hydrogens is 393 g/mol. The number of carbonyl (C=O) groups excluding carboxylic acids is 2. The van der Waals surface area contributed by atoms with Gasteiger partial charge in [0.25, 0.3) is 0 Å². The largest absolute Gasteiger partial charge is 0.461 e. The van der Waals surface area contributed by atoms with Crippen LogP contribution in [-0.2, 0) is 22.3 Å². The Morgan fingerprint density at radius 2 is 1.97 bits per heavy atom. The van der Waals surface area contributed by atoms with Crippen LogP contribution in [0, 0.1) is 0 Å². The summed E-state index contributed by atoms with van der Waals surface area (Å²) in [5.41, 5.74) is -1.48. The number of H-pyrrole nitrogens is 1. The summed E-state index contributed by atoms with van der Waals surface area (Å²) in [6.07, 6.45) is -3.59. The van der Waals surface area contributed by atoms with Crippen molar-refractivity contribution < 1.29 is 27.5 Å². The van der Waals surface area contributed by atoms with Crippen molar-refractivity contribution in [2.24, 2.45) is 0 Å². The van der Waals surface area contributed by atoms with Crippen LogP contribution in [0.3, 0.4) is 0 Å². The van der Waals surface area contributed by atoms with Gasteiger partial charge in [-0.05, 0) is 6.92 Å². The molecule has 0 aliphatic rings. The lowest BCUT2D eigenvalue weighted by Crippen LogP contribution is -2.21. The SMILES string of the molecule is CCOC(=O)c1cn(CC(=O)Nc2c(-c3ccccc3)n[nH]c2C(F)(F)F)nn1. The van der Waals surface area contributed by atoms with Crippen molar-refractivity contribution in [3.8, 4) is 11.3 Å². The smallest absolute Gasteiger partial charge is 0.434 e. The molecule has 3 aromatic rings. The van der Waals surface area contributed by atoms with Crippen LogP contribution < -0.4 is 5.32 Å². The van der Waals surface area contributed by atoms with E-state index < -0.39 is 36.0 Å². The Kier molecular flexibility index (Phi) is 5.61. The number of amides is 1. The van der Waals surface area contributed by atoms with Gasteiger partial charge < -0.3 is 10.1 Å². The number of carbonyl (C=O) groups is 2. The number of alkyl halides is 3. The standard InChI is InChI=1S/C17H15F3N6O3/c1-2-29-16(28)11-8-26(25-22-11)9-12(27)21-14-13(10-6-4-3-5-7-10)23-24-15(14)17(18,19)20/h3-8H,2,9H2,1H3,(H,21,27)(H,23,24). The molecule has 3 rings (SSSR count). The molecule has 0 radical (unpaired) electrons. The molecule has 1 aromatic carbocycles. The number of hydrogen-bond acceptors (Lipinski definition) is 6. The maximum Gasteiger partial charge on any atom is 0.434 e. The summed E-state index contributed by atoms with van der Waals surface area (Å²) in [4.78, 5) is 23.9.